The normalized spacial score (nSPS) is 12.1. The molecule has 2 aromatic heterocycles. The second-order valence-corrected chi connectivity index (χ2v) is 10.9. The molecule has 9 nitrogen and oxygen atoms in total. The summed E-state index contributed by atoms with van der Waals surface area (Å²) in [7, 11) is 3.66. The van der Waals surface area contributed by atoms with Gasteiger partial charge in [-0.2, -0.15) is 0 Å². The maximum atomic E-state index is 13.4. The van der Waals surface area contributed by atoms with Crippen LogP contribution in [0.2, 0.25) is 0 Å². The lowest BCUT2D eigenvalue weighted by atomic mass is 10.0. The molecular formula is C33H44N6O3. The molecule has 1 amide bonds. The fourth-order valence-electron chi connectivity index (χ4n) is 5.20. The fourth-order valence-corrected chi connectivity index (χ4v) is 5.20. The van der Waals surface area contributed by atoms with Gasteiger partial charge >= 0.3 is 0 Å². The van der Waals surface area contributed by atoms with Crippen LogP contribution in [-0.4, -0.2) is 45.8 Å². The van der Waals surface area contributed by atoms with Crippen molar-refractivity contribution in [1.82, 2.24) is 30.7 Å². The van der Waals surface area contributed by atoms with Crippen molar-refractivity contribution in [1.29, 1.82) is 0 Å². The molecule has 42 heavy (non-hydrogen) atoms. The maximum Gasteiger partial charge on any atom is 0.225 e. The molecule has 0 bridgehead atoms. The predicted molar refractivity (Wildman–Crippen MR) is 166 cm³/mol. The standard InChI is InChI=1S/C33H44N6O3/c1-5-26(40)14-10-7-11-15-31(33-34-20-25(37-33)21-35-39(3)22-24-12-8-6-9-13-24)38-32(41)19-28-23(2)36-30-17-16-27(42-4)18-29(28)30/h6,8-9,12-13,16-18,20,31,35-36H,5,7,10-11,14-15,19,21-22H2,1-4H3,(H,34,37)(H,38,41). The van der Waals surface area contributed by atoms with Crippen molar-refractivity contribution in [3.63, 3.8) is 0 Å². The zero-order valence-electron chi connectivity index (χ0n) is 25.3. The number of unbranched alkanes of at least 4 members (excludes halogenated alkanes) is 2. The lowest BCUT2D eigenvalue weighted by molar-refractivity contribution is -0.121. The number of nitrogens with zero attached hydrogens (tertiary/aromatic N) is 2. The number of carbonyl (C=O) groups excluding carboxylic acids is 2. The lowest BCUT2D eigenvalue weighted by Crippen LogP contribution is -2.33. The van der Waals surface area contributed by atoms with Crippen LogP contribution in [0.1, 0.15) is 79.8 Å². The number of carbonyl (C=O) groups is 2. The molecule has 1 unspecified atom stereocenters. The number of imidazole rings is 1. The first-order valence-electron chi connectivity index (χ1n) is 14.8. The van der Waals surface area contributed by atoms with Crippen LogP contribution in [0.5, 0.6) is 5.75 Å². The van der Waals surface area contributed by atoms with Gasteiger partial charge in [0.15, 0.2) is 0 Å². The van der Waals surface area contributed by atoms with Gasteiger partial charge in [0.25, 0.3) is 0 Å². The number of methoxy groups -OCH3 is 1. The molecule has 224 valence electrons. The Morgan fingerprint density at radius 2 is 1.88 bits per heavy atom. The van der Waals surface area contributed by atoms with E-state index in [1.165, 1.54) is 5.56 Å². The summed E-state index contributed by atoms with van der Waals surface area (Å²) in [5, 5.41) is 6.28. The third kappa shape index (κ3) is 8.77. The fraction of sp³-hybridized carbons (Fsp3) is 0.424. The van der Waals surface area contributed by atoms with Crippen LogP contribution in [0, 0.1) is 6.92 Å². The molecule has 0 saturated heterocycles. The number of rotatable bonds is 17. The second-order valence-electron chi connectivity index (χ2n) is 10.9. The summed E-state index contributed by atoms with van der Waals surface area (Å²) >= 11 is 0. The topological polar surface area (TPSA) is 115 Å². The number of H-pyrrole nitrogens is 2. The van der Waals surface area contributed by atoms with Crippen LogP contribution in [0.25, 0.3) is 10.9 Å². The SMILES string of the molecule is CCC(=O)CCCCCC(NC(=O)Cc1c(C)[nH]c2ccc(OC)cc12)c1ncc(CNN(C)Cc2ccccc2)[nH]1. The molecule has 2 aromatic carbocycles. The van der Waals surface area contributed by atoms with Gasteiger partial charge in [-0.25, -0.2) is 15.4 Å². The van der Waals surface area contributed by atoms with Crippen molar-refractivity contribution in [3.05, 3.63) is 83.1 Å². The minimum Gasteiger partial charge on any atom is -0.497 e. The van der Waals surface area contributed by atoms with Crippen LogP contribution in [-0.2, 0) is 29.1 Å². The molecule has 0 saturated carbocycles. The van der Waals surface area contributed by atoms with Crippen molar-refractivity contribution in [3.8, 4) is 5.75 Å². The first kappa shape index (κ1) is 31.0. The molecule has 2 heterocycles. The number of ketones is 1. The van der Waals surface area contributed by atoms with Gasteiger partial charge in [-0.1, -0.05) is 50.1 Å². The lowest BCUT2D eigenvalue weighted by Gasteiger charge is -2.18. The first-order chi connectivity index (χ1) is 20.4. The van der Waals surface area contributed by atoms with Crippen LogP contribution in [0.4, 0.5) is 0 Å². The number of hydrogen-bond donors (Lipinski definition) is 4. The Kier molecular flexibility index (Phi) is 11.3. The molecule has 0 radical (unpaired) electrons. The number of fused-ring (bicyclic) bond motifs is 1. The number of hydrazine groups is 1. The summed E-state index contributed by atoms with van der Waals surface area (Å²) in [6, 6.07) is 15.9. The van der Waals surface area contributed by atoms with Crippen LogP contribution < -0.4 is 15.5 Å². The zero-order chi connectivity index (χ0) is 29.9. The number of aromatic nitrogens is 3. The van der Waals surface area contributed by atoms with Gasteiger partial charge in [0.05, 0.1) is 31.8 Å². The third-order valence-electron chi connectivity index (χ3n) is 7.62. The number of nitrogens with one attached hydrogen (secondary N) is 4. The molecule has 1 atom stereocenters. The van der Waals surface area contributed by atoms with Crippen molar-refractivity contribution in [2.24, 2.45) is 0 Å². The van der Waals surface area contributed by atoms with E-state index in [0.29, 0.717) is 25.2 Å². The molecule has 0 spiro atoms. The van der Waals surface area contributed by atoms with E-state index in [1.807, 2.05) is 68.5 Å². The minimum atomic E-state index is -0.254. The van der Waals surface area contributed by atoms with Gasteiger partial charge in [0.1, 0.15) is 17.4 Å². The largest absolute Gasteiger partial charge is 0.497 e. The van der Waals surface area contributed by atoms with Crippen molar-refractivity contribution in [2.75, 3.05) is 14.2 Å². The zero-order valence-corrected chi connectivity index (χ0v) is 25.3. The molecule has 0 fully saturated rings. The summed E-state index contributed by atoms with van der Waals surface area (Å²) < 4.78 is 5.41. The van der Waals surface area contributed by atoms with E-state index in [2.05, 4.69) is 37.8 Å². The van der Waals surface area contributed by atoms with Gasteiger partial charge in [0, 0.05) is 49.2 Å². The Bertz CT molecular complexity index is 1440. The predicted octanol–water partition coefficient (Wildman–Crippen LogP) is 5.67. The van der Waals surface area contributed by atoms with E-state index < -0.39 is 0 Å². The van der Waals surface area contributed by atoms with Gasteiger partial charge in [-0.3, -0.25) is 9.59 Å². The molecular weight excluding hydrogens is 528 g/mol. The summed E-state index contributed by atoms with van der Waals surface area (Å²) in [4.78, 5) is 36.6. The van der Waals surface area contributed by atoms with Gasteiger partial charge in [-0.05, 0) is 49.1 Å². The minimum absolute atomic E-state index is 0.0633. The summed E-state index contributed by atoms with van der Waals surface area (Å²) in [6.07, 6.45) is 6.70. The van der Waals surface area contributed by atoms with Crippen molar-refractivity contribution >= 4 is 22.6 Å². The number of benzene rings is 2. The van der Waals surface area contributed by atoms with Crippen LogP contribution >= 0.6 is 0 Å². The van der Waals surface area contributed by atoms with Gasteiger partial charge in [0.2, 0.25) is 5.91 Å². The van der Waals surface area contributed by atoms with Gasteiger partial charge in [-0.15, -0.1) is 0 Å². The van der Waals surface area contributed by atoms with E-state index in [1.54, 1.807) is 7.11 Å². The molecule has 4 rings (SSSR count). The monoisotopic (exact) mass is 572 g/mol. The van der Waals surface area contributed by atoms with Gasteiger partial charge < -0.3 is 20.0 Å². The van der Waals surface area contributed by atoms with Crippen molar-refractivity contribution < 1.29 is 14.3 Å². The summed E-state index contributed by atoms with van der Waals surface area (Å²) in [5.41, 5.74) is 8.49. The third-order valence-corrected chi connectivity index (χ3v) is 7.62. The number of hydrogen-bond acceptors (Lipinski definition) is 6. The highest BCUT2D eigenvalue weighted by atomic mass is 16.5. The molecule has 9 heteroatoms. The van der Waals surface area contributed by atoms with E-state index in [4.69, 9.17) is 4.74 Å². The molecule has 0 aliphatic carbocycles. The number of Topliss-reactive ketones (excluding diaryl/α,β-unsaturated/α-hetero) is 1. The highest BCUT2D eigenvalue weighted by Crippen LogP contribution is 2.27. The van der Waals surface area contributed by atoms with E-state index >= 15 is 0 Å². The molecule has 0 aliphatic heterocycles. The Morgan fingerprint density at radius 1 is 1.07 bits per heavy atom. The first-order valence-corrected chi connectivity index (χ1v) is 14.8. The van der Waals surface area contributed by atoms with E-state index in [9.17, 15) is 9.59 Å². The molecule has 0 aliphatic rings. The average molecular weight is 573 g/mol. The van der Waals surface area contributed by atoms with Crippen LogP contribution in [0.3, 0.4) is 0 Å². The van der Waals surface area contributed by atoms with E-state index in [0.717, 1.165) is 71.7 Å². The Morgan fingerprint density at radius 3 is 2.64 bits per heavy atom. The van der Waals surface area contributed by atoms with Crippen LogP contribution in [0.15, 0.2) is 54.7 Å². The Hall–Kier alpha value is -3.95. The number of ether oxygens (including phenoxy) is 1. The second kappa shape index (κ2) is 15.3. The summed E-state index contributed by atoms with van der Waals surface area (Å²) in [6.45, 7) is 5.26. The number of aryl methyl sites for hydroxylation is 1. The van der Waals surface area contributed by atoms with Crippen molar-refractivity contribution in [2.45, 2.75) is 77.9 Å². The smallest absolute Gasteiger partial charge is 0.225 e. The highest BCUT2D eigenvalue weighted by molar-refractivity contribution is 5.91. The van der Waals surface area contributed by atoms with E-state index in [-0.39, 0.29) is 18.4 Å². The molecule has 4 aromatic rings. The maximum absolute atomic E-state index is 13.4. The molecule has 4 N–H and O–H groups in total. The number of aromatic amines is 2. The number of amides is 1. The quantitative estimate of drug-likeness (QED) is 0.0957. The summed E-state index contributed by atoms with van der Waals surface area (Å²) in [5.74, 6) is 1.74. The Balaban J connectivity index is 1.40. The average Bonchev–Trinajstić information content (AvgIpc) is 3.59. The highest BCUT2D eigenvalue weighted by Gasteiger charge is 2.20. The Labute approximate surface area is 248 Å².